The zero-order valence-corrected chi connectivity index (χ0v) is 28.5. The van der Waals surface area contributed by atoms with Gasteiger partial charge in [0, 0.05) is 13.1 Å². The highest BCUT2D eigenvalue weighted by atomic mass is 32.2. The smallest absolute Gasteiger partial charge is 0.225 e. The Hall–Kier alpha value is -1.97. The van der Waals surface area contributed by atoms with Crippen LogP contribution in [0.3, 0.4) is 0 Å². The van der Waals surface area contributed by atoms with Gasteiger partial charge in [-0.2, -0.15) is 0 Å². The molecule has 252 valence electrons. The van der Waals surface area contributed by atoms with Crippen LogP contribution in [0.15, 0.2) is 36.5 Å². The second-order valence-corrected chi connectivity index (χ2v) is 15.2. The van der Waals surface area contributed by atoms with Gasteiger partial charge in [-0.3, -0.25) is 9.59 Å². The molecule has 2 fully saturated rings. The lowest BCUT2D eigenvalue weighted by Gasteiger charge is -2.34. The van der Waals surface area contributed by atoms with E-state index < -0.39 is 27.8 Å². The summed E-state index contributed by atoms with van der Waals surface area (Å²) in [6, 6.07) is -0.363. The molecule has 2 aliphatic carbocycles. The molecule has 0 radical (unpaired) electrons. The zero-order chi connectivity index (χ0) is 32.4. The third-order valence-electron chi connectivity index (χ3n) is 9.47. The normalized spacial score (nSPS) is 20.1. The maximum Gasteiger partial charge on any atom is 0.225 e. The Morgan fingerprint density at radius 3 is 2.27 bits per heavy atom. The van der Waals surface area contributed by atoms with Gasteiger partial charge in [-0.15, -0.1) is 6.58 Å². The quantitative estimate of drug-likeness (QED) is 0.107. The lowest BCUT2D eigenvalue weighted by molar-refractivity contribution is -0.130. The summed E-state index contributed by atoms with van der Waals surface area (Å²) in [7, 11) is -1.76. The van der Waals surface area contributed by atoms with Crippen LogP contribution in [0.2, 0.25) is 0 Å². The first-order valence-corrected chi connectivity index (χ1v) is 19.0. The maximum atomic E-state index is 14.0. The largest absolute Gasteiger partial charge is 0.391 e. The number of carbonyl (C=O) groups excluding carboxylic acids is 2. The van der Waals surface area contributed by atoms with Crippen molar-refractivity contribution in [3.05, 3.63) is 36.5 Å². The third kappa shape index (κ3) is 14.0. The van der Waals surface area contributed by atoms with Crippen LogP contribution in [0.4, 0.5) is 0 Å². The van der Waals surface area contributed by atoms with Crippen molar-refractivity contribution in [3.8, 4) is 0 Å². The average molecular weight is 636 g/mol. The topological polar surface area (TPSA) is 125 Å². The van der Waals surface area contributed by atoms with Gasteiger partial charge in [-0.1, -0.05) is 88.2 Å². The summed E-state index contributed by atoms with van der Waals surface area (Å²) in [5.41, 5.74) is 0.916. The highest BCUT2D eigenvalue weighted by Gasteiger charge is 2.34. The maximum absolute atomic E-state index is 14.0. The van der Waals surface area contributed by atoms with E-state index >= 15 is 0 Å². The molecular formula is C35H61N3O5S. The first kappa shape index (κ1) is 38.2. The number of hydrogen-bond acceptors (Lipinski definition) is 6. The van der Waals surface area contributed by atoms with E-state index in [0.717, 1.165) is 63.4 Å². The lowest BCUT2D eigenvalue weighted by Crippen LogP contribution is -2.51. The fraction of sp³-hybridized carbons (Fsp3) is 0.771. The summed E-state index contributed by atoms with van der Waals surface area (Å²) in [6.45, 7) is 8.20. The average Bonchev–Trinajstić information content (AvgIpc) is 3.02. The molecule has 0 aromatic carbocycles. The summed E-state index contributed by atoms with van der Waals surface area (Å²) >= 11 is 0. The molecule has 4 N–H and O–H groups in total. The molecule has 0 aromatic heterocycles. The van der Waals surface area contributed by atoms with Crippen molar-refractivity contribution < 1.29 is 23.1 Å². The van der Waals surface area contributed by atoms with Crippen LogP contribution in [0.1, 0.15) is 104 Å². The van der Waals surface area contributed by atoms with E-state index in [2.05, 4.69) is 22.5 Å². The molecule has 0 aromatic rings. The van der Waals surface area contributed by atoms with Crippen LogP contribution >= 0.6 is 0 Å². The van der Waals surface area contributed by atoms with Gasteiger partial charge in [0.1, 0.15) is 0 Å². The van der Waals surface area contributed by atoms with E-state index in [9.17, 15) is 23.1 Å². The monoisotopic (exact) mass is 635 g/mol. The summed E-state index contributed by atoms with van der Waals surface area (Å²) in [5, 5.41) is 20.1. The Bertz CT molecular complexity index is 1030. The molecule has 2 amide bonds. The number of aliphatic hydroxyl groups excluding tert-OH is 1. The van der Waals surface area contributed by atoms with Gasteiger partial charge in [-0.05, 0) is 64.3 Å². The molecule has 0 aliphatic heterocycles. The summed E-state index contributed by atoms with van der Waals surface area (Å²) < 4.78 is 25.9. The predicted octanol–water partition coefficient (Wildman–Crippen LogP) is 5.24. The molecule has 4 atom stereocenters. The minimum absolute atomic E-state index is 0.0359. The Morgan fingerprint density at radius 1 is 1.02 bits per heavy atom. The molecular weight excluding hydrogens is 574 g/mol. The number of amides is 2. The van der Waals surface area contributed by atoms with Gasteiger partial charge in [0.2, 0.25) is 11.8 Å². The highest BCUT2D eigenvalue weighted by molar-refractivity contribution is 7.91. The minimum Gasteiger partial charge on any atom is -0.391 e. The van der Waals surface area contributed by atoms with Crippen LogP contribution in [-0.4, -0.2) is 69.1 Å². The molecule has 0 heterocycles. The predicted molar refractivity (Wildman–Crippen MR) is 181 cm³/mol. The number of allylic oxidation sites excluding steroid dienone is 4. The SMILES string of the molecule is C=CC[C@H](O)[C@H](CC1CCCCC1)NC(=O)[C@@H](CNC(=O)[C@H](CC(/C=C\CC)=C/C)CS(=O)(=O)CCNC)C1CCCCC1. The first-order valence-electron chi connectivity index (χ1n) is 17.2. The van der Waals surface area contributed by atoms with Crippen LogP contribution < -0.4 is 16.0 Å². The fourth-order valence-electron chi connectivity index (χ4n) is 6.79. The molecule has 2 aliphatic rings. The van der Waals surface area contributed by atoms with Crippen molar-refractivity contribution in [2.24, 2.45) is 23.7 Å². The number of nitrogens with one attached hydrogen (secondary N) is 3. The molecule has 0 saturated heterocycles. The Balaban J connectivity index is 2.23. The fourth-order valence-corrected chi connectivity index (χ4v) is 8.36. The summed E-state index contributed by atoms with van der Waals surface area (Å²) in [5.74, 6) is -1.32. The second-order valence-electron chi connectivity index (χ2n) is 13.0. The standard InChI is InChI=1S/C35H61N3O5S/c1-5-8-16-27(7-3)23-30(26-44(42,43)22-21-36-4)34(40)37-25-31(29-19-13-10-14-20-29)35(41)38-32(33(39)15-6-2)24-28-17-11-9-12-18-28/h6-8,16,28-33,36,39H,2,5,9-15,17-26H2,1,3-4H3,(H,37,40)(H,38,41)/b16-8-,27-7+/t30-,31+,32+,33+/m1/s1. The van der Waals surface area contributed by atoms with Crippen LogP contribution in [0, 0.1) is 23.7 Å². The van der Waals surface area contributed by atoms with Crippen molar-refractivity contribution in [2.75, 3.05) is 31.6 Å². The second kappa shape index (κ2) is 20.9. The van der Waals surface area contributed by atoms with Gasteiger partial charge in [0.25, 0.3) is 0 Å². The molecule has 9 heteroatoms. The number of carbonyl (C=O) groups is 2. The third-order valence-corrected chi connectivity index (χ3v) is 11.2. The number of aliphatic hydroxyl groups is 1. The van der Waals surface area contributed by atoms with Gasteiger partial charge in [0.05, 0.1) is 35.5 Å². The van der Waals surface area contributed by atoms with Crippen molar-refractivity contribution in [1.82, 2.24) is 16.0 Å². The number of hydrogen-bond donors (Lipinski definition) is 4. The highest BCUT2D eigenvalue weighted by Crippen LogP contribution is 2.32. The van der Waals surface area contributed by atoms with E-state index in [-0.39, 0.29) is 41.8 Å². The van der Waals surface area contributed by atoms with E-state index in [1.54, 1.807) is 13.1 Å². The van der Waals surface area contributed by atoms with E-state index in [0.29, 0.717) is 25.3 Å². The Kier molecular flexibility index (Phi) is 18.2. The molecule has 0 unspecified atom stereocenters. The number of rotatable bonds is 20. The van der Waals surface area contributed by atoms with Crippen molar-refractivity contribution >= 4 is 21.7 Å². The molecule has 0 bridgehead atoms. The van der Waals surface area contributed by atoms with Crippen LogP contribution in [0.25, 0.3) is 0 Å². The van der Waals surface area contributed by atoms with Crippen molar-refractivity contribution in [3.63, 3.8) is 0 Å². The molecule has 44 heavy (non-hydrogen) atoms. The molecule has 2 rings (SSSR count). The van der Waals surface area contributed by atoms with Gasteiger partial charge < -0.3 is 21.1 Å². The van der Waals surface area contributed by atoms with Crippen LogP contribution in [0.5, 0.6) is 0 Å². The summed E-state index contributed by atoms with van der Waals surface area (Å²) in [6.07, 6.45) is 20.1. The Labute approximate surface area is 267 Å². The first-order chi connectivity index (χ1) is 21.1. The zero-order valence-electron chi connectivity index (χ0n) is 27.7. The minimum atomic E-state index is -3.47. The Morgan fingerprint density at radius 2 is 1.68 bits per heavy atom. The van der Waals surface area contributed by atoms with Crippen molar-refractivity contribution in [2.45, 2.75) is 116 Å². The van der Waals surface area contributed by atoms with Gasteiger partial charge in [-0.25, -0.2) is 8.42 Å². The molecule has 0 spiro atoms. The van der Waals surface area contributed by atoms with Gasteiger partial charge in [0.15, 0.2) is 9.84 Å². The number of sulfone groups is 1. The summed E-state index contributed by atoms with van der Waals surface area (Å²) in [4.78, 5) is 27.6. The van der Waals surface area contributed by atoms with E-state index in [4.69, 9.17) is 0 Å². The molecule has 2 saturated carbocycles. The van der Waals surface area contributed by atoms with Crippen LogP contribution in [-0.2, 0) is 19.4 Å². The van der Waals surface area contributed by atoms with Crippen molar-refractivity contribution in [1.29, 1.82) is 0 Å². The van der Waals surface area contributed by atoms with Gasteiger partial charge >= 0.3 is 0 Å². The molecule has 8 nitrogen and oxygen atoms in total. The lowest BCUT2D eigenvalue weighted by atomic mass is 9.78. The van der Waals surface area contributed by atoms with E-state index in [1.807, 2.05) is 32.1 Å². The van der Waals surface area contributed by atoms with E-state index in [1.165, 1.54) is 19.3 Å².